The Morgan fingerprint density at radius 3 is 2.90 bits per heavy atom. The molecule has 20 heavy (non-hydrogen) atoms. The van der Waals surface area contributed by atoms with Crippen LogP contribution in [0.5, 0.6) is 0 Å². The molecule has 0 aliphatic carbocycles. The van der Waals surface area contributed by atoms with Gasteiger partial charge in [-0.15, -0.1) is 22.7 Å². The van der Waals surface area contributed by atoms with Gasteiger partial charge >= 0.3 is 0 Å². The minimum Gasteiger partial charge on any atom is -0.465 e. The molecule has 0 aliphatic rings. The third-order valence-electron chi connectivity index (χ3n) is 3.06. The van der Waals surface area contributed by atoms with Crippen molar-refractivity contribution < 1.29 is 4.42 Å². The second-order valence-corrected chi connectivity index (χ2v) is 6.48. The second-order valence-electron chi connectivity index (χ2n) is 4.67. The lowest BCUT2D eigenvalue weighted by Gasteiger charge is -2.09. The van der Waals surface area contributed by atoms with Crippen LogP contribution in [0.1, 0.15) is 30.2 Å². The molecule has 0 saturated heterocycles. The van der Waals surface area contributed by atoms with Crippen molar-refractivity contribution in [3.8, 4) is 9.88 Å². The van der Waals surface area contributed by atoms with Crippen molar-refractivity contribution in [3.05, 3.63) is 52.2 Å². The molecule has 0 spiro atoms. The second kappa shape index (κ2) is 5.91. The normalized spacial score (nSPS) is 12.7. The Bertz CT molecular complexity index is 670. The number of hydrogen-bond donors (Lipinski definition) is 1. The van der Waals surface area contributed by atoms with Crippen LogP contribution in [0.2, 0.25) is 0 Å². The number of thiazole rings is 1. The van der Waals surface area contributed by atoms with Crippen molar-refractivity contribution in [2.24, 2.45) is 0 Å². The van der Waals surface area contributed by atoms with Gasteiger partial charge in [0.05, 0.1) is 16.6 Å². The molecule has 1 atom stereocenters. The van der Waals surface area contributed by atoms with Gasteiger partial charge in [-0.1, -0.05) is 6.07 Å². The highest BCUT2D eigenvalue weighted by Crippen LogP contribution is 2.28. The molecule has 3 rings (SSSR count). The van der Waals surface area contributed by atoms with Crippen LogP contribution >= 0.6 is 22.7 Å². The van der Waals surface area contributed by atoms with Gasteiger partial charge in [0.2, 0.25) is 0 Å². The summed E-state index contributed by atoms with van der Waals surface area (Å²) < 4.78 is 5.62. The molecule has 104 valence electrons. The molecule has 3 aromatic rings. The Hall–Kier alpha value is -1.43. The van der Waals surface area contributed by atoms with E-state index < -0.39 is 0 Å². The van der Waals surface area contributed by atoms with E-state index in [0.29, 0.717) is 0 Å². The fourth-order valence-electron chi connectivity index (χ4n) is 1.95. The van der Waals surface area contributed by atoms with E-state index >= 15 is 0 Å². The molecule has 0 bridgehead atoms. The van der Waals surface area contributed by atoms with Crippen LogP contribution in [0.4, 0.5) is 0 Å². The SMILES string of the molecule is Cc1ccc(C(C)NCc2csc(-c3cccs3)n2)o1. The minimum atomic E-state index is 0.190. The third kappa shape index (κ3) is 3.00. The molecule has 0 amide bonds. The zero-order chi connectivity index (χ0) is 13.9. The first kappa shape index (κ1) is 13.5. The van der Waals surface area contributed by atoms with E-state index in [2.05, 4.69) is 40.1 Å². The standard InChI is InChI=1S/C15H16N2OS2/c1-10-5-6-13(18-10)11(2)16-8-12-9-20-15(17-12)14-4-3-7-19-14/h3-7,9,11,16H,8H2,1-2H3. The monoisotopic (exact) mass is 304 g/mol. The van der Waals surface area contributed by atoms with Crippen molar-refractivity contribution >= 4 is 22.7 Å². The molecular formula is C15H16N2OS2. The van der Waals surface area contributed by atoms with E-state index in [1.807, 2.05) is 19.1 Å². The highest BCUT2D eigenvalue weighted by atomic mass is 32.1. The Balaban J connectivity index is 1.61. The molecule has 3 heterocycles. The summed E-state index contributed by atoms with van der Waals surface area (Å²) in [6, 6.07) is 8.36. The smallest absolute Gasteiger partial charge is 0.133 e. The largest absolute Gasteiger partial charge is 0.465 e. The lowest BCUT2D eigenvalue weighted by Crippen LogP contribution is -2.17. The van der Waals surface area contributed by atoms with Crippen LogP contribution in [-0.4, -0.2) is 4.98 Å². The maximum absolute atomic E-state index is 5.62. The Morgan fingerprint density at radius 1 is 1.30 bits per heavy atom. The maximum Gasteiger partial charge on any atom is 0.133 e. The number of nitrogens with zero attached hydrogens (tertiary/aromatic N) is 1. The summed E-state index contributed by atoms with van der Waals surface area (Å²) in [5.74, 6) is 1.92. The first-order valence-electron chi connectivity index (χ1n) is 6.50. The van der Waals surface area contributed by atoms with E-state index in [4.69, 9.17) is 4.42 Å². The zero-order valence-corrected chi connectivity index (χ0v) is 13.1. The molecule has 1 unspecified atom stereocenters. The molecule has 0 aliphatic heterocycles. The summed E-state index contributed by atoms with van der Waals surface area (Å²) in [7, 11) is 0. The first-order chi connectivity index (χ1) is 9.72. The van der Waals surface area contributed by atoms with E-state index in [0.717, 1.165) is 28.8 Å². The predicted molar refractivity (Wildman–Crippen MR) is 84.1 cm³/mol. The molecule has 0 radical (unpaired) electrons. The minimum absolute atomic E-state index is 0.190. The fraction of sp³-hybridized carbons (Fsp3) is 0.267. The maximum atomic E-state index is 5.62. The summed E-state index contributed by atoms with van der Waals surface area (Å²) in [6.07, 6.45) is 0. The lowest BCUT2D eigenvalue weighted by molar-refractivity contribution is 0.415. The van der Waals surface area contributed by atoms with Crippen molar-refractivity contribution in [1.82, 2.24) is 10.3 Å². The van der Waals surface area contributed by atoms with Gasteiger partial charge < -0.3 is 9.73 Å². The van der Waals surface area contributed by atoms with Crippen molar-refractivity contribution in [3.63, 3.8) is 0 Å². The molecule has 3 nitrogen and oxygen atoms in total. The van der Waals surface area contributed by atoms with Gasteiger partial charge in [-0.3, -0.25) is 0 Å². The third-order valence-corrected chi connectivity index (χ3v) is 4.99. The summed E-state index contributed by atoms with van der Waals surface area (Å²) in [4.78, 5) is 5.89. The van der Waals surface area contributed by atoms with Gasteiger partial charge in [0.1, 0.15) is 16.5 Å². The lowest BCUT2D eigenvalue weighted by atomic mass is 10.2. The Kier molecular flexibility index (Phi) is 4.00. The van der Waals surface area contributed by atoms with Crippen LogP contribution in [0.15, 0.2) is 39.4 Å². The number of hydrogen-bond acceptors (Lipinski definition) is 5. The van der Waals surface area contributed by atoms with E-state index in [9.17, 15) is 0 Å². The molecule has 5 heteroatoms. The van der Waals surface area contributed by atoms with Crippen molar-refractivity contribution in [2.45, 2.75) is 26.4 Å². The van der Waals surface area contributed by atoms with Gasteiger partial charge in [0.15, 0.2) is 0 Å². The Morgan fingerprint density at radius 2 is 2.20 bits per heavy atom. The Labute approximate surface area is 126 Å². The number of rotatable bonds is 5. The predicted octanol–water partition coefficient (Wildman–Crippen LogP) is 4.62. The fourth-order valence-corrected chi connectivity index (χ4v) is 3.58. The highest BCUT2D eigenvalue weighted by molar-refractivity contribution is 7.20. The molecule has 0 aromatic carbocycles. The average Bonchev–Trinajstić information content (AvgIpc) is 3.16. The number of aromatic nitrogens is 1. The summed E-state index contributed by atoms with van der Waals surface area (Å²) >= 11 is 3.42. The summed E-state index contributed by atoms with van der Waals surface area (Å²) in [6.45, 7) is 4.82. The van der Waals surface area contributed by atoms with Gasteiger partial charge in [-0.05, 0) is 37.4 Å². The molecule has 1 N–H and O–H groups in total. The molecular weight excluding hydrogens is 288 g/mol. The van der Waals surface area contributed by atoms with Gasteiger partial charge in [0, 0.05) is 11.9 Å². The highest BCUT2D eigenvalue weighted by Gasteiger charge is 2.10. The van der Waals surface area contributed by atoms with Gasteiger partial charge in [-0.2, -0.15) is 0 Å². The van der Waals surface area contributed by atoms with Crippen LogP contribution < -0.4 is 5.32 Å². The van der Waals surface area contributed by atoms with Crippen LogP contribution in [0.3, 0.4) is 0 Å². The van der Waals surface area contributed by atoms with Crippen LogP contribution in [0, 0.1) is 6.92 Å². The van der Waals surface area contributed by atoms with Crippen LogP contribution in [-0.2, 0) is 6.54 Å². The van der Waals surface area contributed by atoms with E-state index in [1.54, 1.807) is 22.7 Å². The quantitative estimate of drug-likeness (QED) is 0.747. The summed E-state index contributed by atoms with van der Waals surface area (Å²) in [5.41, 5.74) is 1.08. The van der Waals surface area contributed by atoms with Gasteiger partial charge in [0.25, 0.3) is 0 Å². The zero-order valence-electron chi connectivity index (χ0n) is 11.4. The first-order valence-corrected chi connectivity index (χ1v) is 8.26. The van der Waals surface area contributed by atoms with Crippen LogP contribution in [0.25, 0.3) is 9.88 Å². The van der Waals surface area contributed by atoms with Crippen molar-refractivity contribution in [2.75, 3.05) is 0 Å². The average molecular weight is 304 g/mol. The van der Waals surface area contributed by atoms with Crippen molar-refractivity contribution in [1.29, 1.82) is 0 Å². The van der Waals surface area contributed by atoms with E-state index in [1.165, 1.54) is 4.88 Å². The number of thiophene rings is 1. The summed E-state index contributed by atoms with van der Waals surface area (Å²) in [5, 5.41) is 8.73. The molecule has 0 saturated carbocycles. The van der Waals surface area contributed by atoms with E-state index in [-0.39, 0.29) is 6.04 Å². The number of nitrogens with one attached hydrogen (secondary N) is 1. The topological polar surface area (TPSA) is 38.1 Å². The number of aryl methyl sites for hydroxylation is 1. The van der Waals surface area contributed by atoms with Gasteiger partial charge in [-0.25, -0.2) is 4.98 Å². The number of furan rings is 1. The molecule has 3 aromatic heterocycles. The molecule has 0 fully saturated rings.